The summed E-state index contributed by atoms with van der Waals surface area (Å²) in [6.07, 6.45) is 3.14. The lowest BCUT2D eigenvalue weighted by atomic mass is 10.1. The molecule has 0 aliphatic rings. The van der Waals surface area contributed by atoms with Crippen LogP contribution in [0.25, 0.3) is 0 Å². The van der Waals surface area contributed by atoms with Gasteiger partial charge in [-0.15, -0.1) is 24.0 Å². The number of hydrogen-bond donors (Lipinski definition) is 2. The Kier molecular flexibility index (Phi) is 13.6. The second kappa shape index (κ2) is 14.1. The minimum absolute atomic E-state index is 0. The van der Waals surface area contributed by atoms with E-state index in [2.05, 4.69) is 52.9 Å². The fraction of sp³-hybridized carbons (Fsp3) is 0.562. The molecule has 0 spiro atoms. The number of ether oxygens (including phenoxy) is 1. The first-order valence-electron chi connectivity index (χ1n) is 7.42. The molecule has 0 aliphatic carbocycles. The minimum Gasteiger partial charge on any atom is -0.385 e. The van der Waals surface area contributed by atoms with Crippen LogP contribution in [0, 0.1) is 0 Å². The smallest absolute Gasteiger partial charge is 0.191 e. The first kappa shape index (κ1) is 20.2. The Balaban J connectivity index is 0.00000400. The number of halogens is 1. The summed E-state index contributed by atoms with van der Waals surface area (Å²) in [6.45, 7) is 5.47. The quantitative estimate of drug-likeness (QED) is 0.288. The largest absolute Gasteiger partial charge is 0.385 e. The van der Waals surface area contributed by atoms with E-state index >= 15 is 0 Å². The molecule has 1 aromatic rings. The lowest BCUT2D eigenvalue weighted by molar-refractivity contribution is 0.195. The molecule has 4 nitrogen and oxygen atoms in total. The molecule has 0 unspecified atom stereocenters. The summed E-state index contributed by atoms with van der Waals surface area (Å²) in [5.74, 6) is 0.900. The molecule has 0 heterocycles. The Morgan fingerprint density at radius 1 is 1.14 bits per heavy atom. The summed E-state index contributed by atoms with van der Waals surface area (Å²) < 4.78 is 5.03. The zero-order chi connectivity index (χ0) is 14.5. The van der Waals surface area contributed by atoms with E-state index < -0.39 is 0 Å². The highest BCUT2D eigenvalue weighted by Crippen LogP contribution is 2.02. The fourth-order valence-corrected chi connectivity index (χ4v) is 1.88. The Labute approximate surface area is 145 Å². The highest BCUT2D eigenvalue weighted by molar-refractivity contribution is 14.0. The zero-order valence-corrected chi connectivity index (χ0v) is 15.4. The average Bonchev–Trinajstić information content (AvgIpc) is 2.49. The maximum Gasteiger partial charge on any atom is 0.191 e. The summed E-state index contributed by atoms with van der Waals surface area (Å²) in [6, 6.07) is 10.5. The summed E-state index contributed by atoms with van der Waals surface area (Å²) >= 11 is 0. The third-order valence-corrected chi connectivity index (χ3v) is 2.90. The Morgan fingerprint density at radius 3 is 2.57 bits per heavy atom. The molecule has 0 amide bonds. The number of guanidine groups is 1. The van der Waals surface area contributed by atoms with Crippen molar-refractivity contribution in [3.8, 4) is 0 Å². The Bertz CT molecular complexity index is 371. The molecule has 0 saturated carbocycles. The molecule has 2 N–H and O–H groups in total. The van der Waals surface area contributed by atoms with Crippen LogP contribution in [-0.2, 0) is 11.2 Å². The van der Waals surface area contributed by atoms with Gasteiger partial charge in [-0.1, -0.05) is 30.3 Å². The number of benzene rings is 1. The monoisotopic (exact) mass is 405 g/mol. The summed E-state index contributed by atoms with van der Waals surface area (Å²) in [5.41, 5.74) is 1.38. The van der Waals surface area contributed by atoms with Crippen LogP contribution in [-0.4, -0.2) is 39.3 Å². The highest BCUT2D eigenvalue weighted by Gasteiger charge is 1.96. The van der Waals surface area contributed by atoms with E-state index in [4.69, 9.17) is 4.74 Å². The molecular formula is C16H28IN3O. The molecule has 1 rings (SSSR count). The highest BCUT2D eigenvalue weighted by atomic mass is 127. The lowest BCUT2D eigenvalue weighted by Crippen LogP contribution is -2.38. The molecule has 0 aromatic heterocycles. The number of nitrogens with zero attached hydrogens (tertiary/aromatic N) is 1. The molecule has 21 heavy (non-hydrogen) atoms. The first-order valence-corrected chi connectivity index (χ1v) is 7.42. The molecule has 0 radical (unpaired) electrons. The van der Waals surface area contributed by atoms with Crippen molar-refractivity contribution < 1.29 is 4.74 Å². The van der Waals surface area contributed by atoms with Gasteiger partial charge in [0.1, 0.15) is 0 Å². The van der Waals surface area contributed by atoms with Crippen LogP contribution < -0.4 is 10.6 Å². The second-order valence-corrected chi connectivity index (χ2v) is 4.62. The van der Waals surface area contributed by atoms with E-state index in [1.165, 1.54) is 5.56 Å². The Hall–Kier alpha value is -0.820. The van der Waals surface area contributed by atoms with Crippen LogP contribution in [0.4, 0.5) is 0 Å². The molecule has 120 valence electrons. The SMILES string of the molecule is CCNC(=NCCCc1ccccc1)NCCCOC.I. The fourth-order valence-electron chi connectivity index (χ4n) is 1.88. The van der Waals surface area contributed by atoms with E-state index in [9.17, 15) is 0 Å². The van der Waals surface area contributed by atoms with E-state index in [-0.39, 0.29) is 24.0 Å². The van der Waals surface area contributed by atoms with Crippen molar-refractivity contribution in [1.82, 2.24) is 10.6 Å². The molecule has 0 fully saturated rings. The molecule has 0 saturated heterocycles. The molecular weight excluding hydrogens is 377 g/mol. The van der Waals surface area contributed by atoms with E-state index in [1.54, 1.807) is 7.11 Å². The minimum atomic E-state index is 0. The molecule has 5 heteroatoms. The van der Waals surface area contributed by atoms with Gasteiger partial charge in [0, 0.05) is 33.4 Å². The van der Waals surface area contributed by atoms with Crippen LogP contribution in [0.15, 0.2) is 35.3 Å². The van der Waals surface area contributed by atoms with Gasteiger partial charge in [-0.2, -0.15) is 0 Å². The van der Waals surface area contributed by atoms with Crippen LogP contribution >= 0.6 is 24.0 Å². The van der Waals surface area contributed by atoms with E-state index in [0.717, 1.165) is 51.5 Å². The molecule has 1 aromatic carbocycles. The zero-order valence-electron chi connectivity index (χ0n) is 13.1. The van der Waals surface area contributed by atoms with Crippen molar-refractivity contribution in [2.75, 3.05) is 33.4 Å². The second-order valence-electron chi connectivity index (χ2n) is 4.62. The van der Waals surface area contributed by atoms with Crippen LogP contribution in [0.2, 0.25) is 0 Å². The van der Waals surface area contributed by atoms with Gasteiger partial charge in [0.15, 0.2) is 5.96 Å². The number of nitrogens with one attached hydrogen (secondary N) is 2. The first-order chi connectivity index (χ1) is 9.86. The summed E-state index contributed by atoms with van der Waals surface area (Å²) in [4.78, 5) is 4.58. The predicted octanol–water partition coefficient (Wildman–Crippen LogP) is 2.83. The van der Waals surface area contributed by atoms with Gasteiger partial charge in [-0.05, 0) is 31.7 Å². The maximum absolute atomic E-state index is 5.03. The number of aliphatic imine (C=N–C) groups is 1. The van der Waals surface area contributed by atoms with Gasteiger partial charge in [-0.25, -0.2) is 0 Å². The summed E-state index contributed by atoms with van der Waals surface area (Å²) in [7, 11) is 1.73. The van der Waals surface area contributed by atoms with Gasteiger partial charge in [-0.3, -0.25) is 4.99 Å². The maximum atomic E-state index is 5.03. The number of aryl methyl sites for hydroxylation is 1. The molecule has 0 aliphatic heterocycles. The van der Waals surface area contributed by atoms with Gasteiger partial charge in [0.05, 0.1) is 0 Å². The number of methoxy groups -OCH3 is 1. The van der Waals surface area contributed by atoms with E-state index in [0.29, 0.717) is 0 Å². The van der Waals surface area contributed by atoms with Crippen LogP contribution in [0.1, 0.15) is 25.3 Å². The predicted molar refractivity (Wildman–Crippen MR) is 101 cm³/mol. The van der Waals surface area contributed by atoms with Crippen LogP contribution in [0.5, 0.6) is 0 Å². The Morgan fingerprint density at radius 2 is 1.90 bits per heavy atom. The van der Waals surface area contributed by atoms with Crippen molar-refractivity contribution in [3.05, 3.63) is 35.9 Å². The van der Waals surface area contributed by atoms with Crippen molar-refractivity contribution in [2.24, 2.45) is 4.99 Å². The number of hydrogen-bond acceptors (Lipinski definition) is 2. The van der Waals surface area contributed by atoms with E-state index in [1.807, 2.05) is 0 Å². The molecule has 0 atom stereocenters. The third-order valence-electron chi connectivity index (χ3n) is 2.90. The topological polar surface area (TPSA) is 45.7 Å². The van der Waals surface area contributed by atoms with Gasteiger partial charge < -0.3 is 15.4 Å². The average molecular weight is 405 g/mol. The van der Waals surface area contributed by atoms with Gasteiger partial charge in [0.2, 0.25) is 0 Å². The summed E-state index contributed by atoms with van der Waals surface area (Å²) in [5, 5.41) is 6.57. The number of rotatable bonds is 9. The third kappa shape index (κ3) is 10.5. The normalized spacial score (nSPS) is 10.9. The van der Waals surface area contributed by atoms with Crippen molar-refractivity contribution in [1.29, 1.82) is 0 Å². The van der Waals surface area contributed by atoms with Crippen LogP contribution in [0.3, 0.4) is 0 Å². The van der Waals surface area contributed by atoms with Crippen molar-refractivity contribution >= 4 is 29.9 Å². The van der Waals surface area contributed by atoms with Crippen molar-refractivity contribution in [2.45, 2.75) is 26.2 Å². The van der Waals surface area contributed by atoms with Gasteiger partial charge >= 0.3 is 0 Å². The van der Waals surface area contributed by atoms with Crippen molar-refractivity contribution in [3.63, 3.8) is 0 Å². The molecule has 0 bridgehead atoms. The standard InChI is InChI=1S/C16H27N3O.HI/c1-3-17-16(19-13-8-14-20-2)18-12-7-11-15-9-5-4-6-10-15;/h4-6,9-10H,3,7-8,11-14H2,1-2H3,(H2,17,18,19);1H. The van der Waals surface area contributed by atoms with Gasteiger partial charge in [0.25, 0.3) is 0 Å². The lowest BCUT2D eigenvalue weighted by Gasteiger charge is -2.10.